The van der Waals surface area contributed by atoms with Crippen LogP contribution >= 0.6 is 0 Å². The summed E-state index contributed by atoms with van der Waals surface area (Å²) >= 11 is 0. The third kappa shape index (κ3) is 2.79. The summed E-state index contributed by atoms with van der Waals surface area (Å²) < 4.78 is 6.73. The molecule has 3 heterocycles. The number of aryl methyl sites for hydroxylation is 1. The largest absolute Gasteiger partial charge is 0.461 e. The lowest BCUT2D eigenvalue weighted by atomic mass is 10.0. The highest BCUT2D eigenvalue weighted by atomic mass is 16.5. The van der Waals surface area contributed by atoms with E-state index in [9.17, 15) is 9.59 Å². The van der Waals surface area contributed by atoms with Gasteiger partial charge in [-0.1, -0.05) is 0 Å². The van der Waals surface area contributed by atoms with Crippen LogP contribution in [0.15, 0.2) is 18.6 Å². The van der Waals surface area contributed by atoms with Crippen LogP contribution in [0.3, 0.4) is 0 Å². The molecule has 1 aliphatic heterocycles. The Morgan fingerprint density at radius 1 is 1.35 bits per heavy atom. The SMILES string of the molecule is CCOC(=O)c1nn(C)c2c1CN(C(=O)c1cnccn1)CC2. The summed E-state index contributed by atoms with van der Waals surface area (Å²) in [6.45, 7) is 2.89. The first-order chi connectivity index (χ1) is 11.1. The number of rotatable bonds is 3. The van der Waals surface area contributed by atoms with E-state index < -0.39 is 5.97 Å². The fourth-order valence-corrected chi connectivity index (χ4v) is 2.70. The number of fused-ring (bicyclic) bond motifs is 1. The lowest BCUT2D eigenvalue weighted by Gasteiger charge is -2.27. The van der Waals surface area contributed by atoms with Gasteiger partial charge in [-0.25, -0.2) is 9.78 Å². The summed E-state index contributed by atoms with van der Waals surface area (Å²) in [5.41, 5.74) is 2.27. The Morgan fingerprint density at radius 3 is 2.87 bits per heavy atom. The predicted octanol–water partition coefficient (Wildman–Crippen LogP) is 0.585. The minimum atomic E-state index is -0.460. The van der Waals surface area contributed by atoms with Crippen LogP contribution in [0.25, 0.3) is 0 Å². The Hall–Kier alpha value is -2.77. The van der Waals surface area contributed by atoms with E-state index in [-0.39, 0.29) is 23.9 Å². The second kappa shape index (κ2) is 6.15. The molecule has 0 unspecified atom stereocenters. The lowest BCUT2D eigenvalue weighted by Crippen LogP contribution is -2.37. The van der Waals surface area contributed by atoms with E-state index in [4.69, 9.17) is 4.74 Å². The molecule has 23 heavy (non-hydrogen) atoms. The highest BCUT2D eigenvalue weighted by Crippen LogP contribution is 2.23. The highest BCUT2D eigenvalue weighted by Gasteiger charge is 2.30. The molecule has 0 saturated heterocycles. The number of nitrogens with zero attached hydrogens (tertiary/aromatic N) is 5. The number of amides is 1. The minimum Gasteiger partial charge on any atom is -0.461 e. The predicted molar refractivity (Wildman–Crippen MR) is 79.6 cm³/mol. The first-order valence-corrected chi connectivity index (χ1v) is 7.39. The van der Waals surface area contributed by atoms with Crippen molar-refractivity contribution in [3.63, 3.8) is 0 Å². The van der Waals surface area contributed by atoms with E-state index in [2.05, 4.69) is 15.1 Å². The van der Waals surface area contributed by atoms with Crippen LogP contribution in [0.2, 0.25) is 0 Å². The Bertz CT molecular complexity index is 741. The molecule has 0 bridgehead atoms. The Balaban J connectivity index is 1.88. The van der Waals surface area contributed by atoms with Crippen molar-refractivity contribution in [1.29, 1.82) is 0 Å². The van der Waals surface area contributed by atoms with E-state index in [1.165, 1.54) is 18.6 Å². The van der Waals surface area contributed by atoms with Crippen LogP contribution in [0.4, 0.5) is 0 Å². The van der Waals surface area contributed by atoms with E-state index in [0.29, 0.717) is 19.5 Å². The molecule has 2 aromatic heterocycles. The summed E-state index contributed by atoms with van der Waals surface area (Å²) in [5.74, 6) is -0.666. The smallest absolute Gasteiger partial charge is 0.359 e. The second-order valence-corrected chi connectivity index (χ2v) is 5.19. The molecule has 0 saturated carbocycles. The van der Waals surface area contributed by atoms with E-state index in [1.54, 1.807) is 23.6 Å². The molecule has 8 heteroatoms. The molecule has 0 spiro atoms. The third-order valence-corrected chi connectivity index (χ3v) is 3.78. The van der Waals surface area contributed by atoms with Crippen LogP contribution in [0.1, 0.15) is 39.2 Å². The molecule has 0 aromatic carbocycles. The molecule has 0 aliphatic carbocycles. The van der Waals surface area contributed by atoms with Crippen molar-refractivity contribution in [3.05, 3.63) is 41.2 Å². The van der Waals surface area contributed by atoms with Gasteiger partial charge in [0.25, 0.3) is 5.91 Å². The van der Waals surface area contributed by atoms with Gasteiger partial charge in [-0.15, -0.1) is 0 Å². The fourth-order valence-electron chi connectivity index (χ4n) is 2.70. The molecule has 8 nitrogen and oxygen atoms in total. The van der Waals surface area contributed by atoms with Gasteiger partial charge >= 0.3 is 5.97 Å². The molecule has 1 amide bonds. The Labute approximate surface area is 133 Å². The first kappa shape index (κ1) is 15.1. The summed E-state index contributed by atoms with van der Waals surface area (Å²) in [6, 6.07) is 0. The van der Waals surface area contributed by atoms with Crippen molar-refractivity contribution >= 4 is 11.9 Å². The average molecular weight is 315 g/mol. The standard InChI is InChI=1S/C15H17N5O3/c1-3-23-15(22)13-10-9-20(7-4-12(10)19(2)18-13)14(21)11-8-16-5-6-17-11/h5-6,8H,3-4,7,9H2,1-2H3. The van der Waals surface area contributed by atoms with Crippen molar-refractivity contribution in [2.24, 2.45) is 7.05 Å². The molecule has 120 valence electrons. The molecular weight excluding hydrogens is 298 g/mol. The van der Waals surface area contributed by atoms with Crippen molar-refractivity contribution in [2.75, 3.05) is 13.2 Å². The number of aromatic nitrogens is 4. The molecule has 0 fully saturated rings. The van der Waals surface area contributed by atoms with Gasteiger partial charge in [0.1, 0.15) is 5.69 Å². The monoisotopic (exact) mass is 315 g/mol. The van der Waals surface area contributed by atoms with Crippen LogP contribution in [-0.4, -0.2) is 49.7 Å². The van der Waals surface area contributed by atoms with E-state index >= 15 is 0 Å². The molecular formula is C15H17N5O3. The van der Waals surface area contributed by atoms with Crippen LogP contribution in [0, 0.1) is 0 Å². The molecule has 2 aromatic rings. The normalized spacial score (nSPS) is 13.6. The fraction of sp³-hybridized carbons (Fsp3) is 0.400. The third-order valence-electron chi connectivity index (χ3n) is 3.78. The maximum Gasteiger partial charge on any atom is 0.359 e. The van der Waals surface area contributed by atoms with Gasteiger partial charge in [0, 0.05) is 43.7 Å². The highest BCUT2D eigenvalue weighted by molar-refractivity contribution is 5.93. The molecule has 1 aliphatic rings. The minimum absolute atomic E-state index is 0.206. The summed E-state index contributed by atoms with van der Waals surface area (Å²) in [5, 5.41) is 4.25. The number of esters is 1. The van der Waals surface area contributed by atoms with Crippen molar-refractivity contribution in [1.82, 2.24) is 24.6 Å². The Kier molecular flexibility index (Phi) is 4.05. The average Bonchev–Trinajstić information content (AvgIpc) is 2.92. The van der Waals surface area contributed by atoms with Crippen molar-refractivity contribution < 1.29 is 14.3 Å². The van der Waals surface area contributed by atoms with Gasteiger partial charge in [0.2, 0.25) is 0 Å². The van der Waals surface area contributed by atoms with E-state index in [1.807, 2.05) is 0 Å². The lowest BCUT2D eigenvalue weighted by molar-refractivity contribution is 0.0513. The molecule has 0 atom stereocenters. The number of hydrogen-bond acceptors (Lipinski definition) is 6. The zero-order valence-corrected chi connectivity index (χ0v) is 13.0. The quantitative estimate of drug-likeness (QED) is 0.770. The molecule has 3 rings (SSSR count). The van der Waals surface area contributed by atoms with Crippen molar-refractivity contribution in [3.8, 4) is 0 Å². The van der Waals surface area contributed by atoms with Gasteiger partial charge in [0.05, 0.1) is 19.3 Å². The van der Waals surface area contributed by atoms with Gasteiger partial charge in [-0.3, -0.25) is 14.5 Å². The zero-order chi connectivity index (χ0) is 16.4. The summed E-state index contributed by atoms with van der Waals surface area (Å²) in [7, 11) is 1.79. The summed E-state index contributed by atoms with van der Waals surface area (Å²) in [6.07, 6.45) is 5.07. The first-order valence-electron chi connectivity index (χ1n) is 7.39. The number of ether oxygens (including phenoxy) is 1. The molecule has 0 N–H and O–H groups in total. The second-order valence-electron chi connectivity index (χ2n) is 5.19. The van der Waals surface area contributed by atoms with Crippen LogP contribution in [-0.2, 0) is 24.8 Å². The summed E-state index contributed by atoms with van der Waals surface area (Å²) in [4.78, 5) is 34.2. The number of carbonyl (C=O) groups is 2. The zero-order valence-electron chi connectivity index (χ0n) is 13.0. The van der Waals surface area contributed by atoms with Crippen LogP contribution in [0.5, 0.6) is 0 Å². The maximum absolute atomic E-state index is 12.5. The topological polar surface area (TPSA) is 90.2 Å². The van der Waals surface area contributed by atoms with Gasteiger partial charge in [0.15, 0.2) is 5.69 Å². The molecule has 0 radical (unpaired) electrons. The number of carbonyl (C=O) groups excluding carboxylic acids is 2. The van der Waals surface area contributed by atoms with Crippen LogP contribution < -0.4 is 0 Å². The van der Waals surface area contributed by atoms with Gasteiger partial charge < -0.3 is 9.64 Å². The van der Waals surface area contributed by atoms with E-state index in [0.717, 1.165) is 11.3 Å². The Morgan fingerprint density at radius 2 is 2.17 bits per heavy atom. The van der Waals surface area contributed by atoms with Gasteiger partial charge in [-0.05, 0) is 6.92 Å². The number of hydrogen-bond donors (Lipinski definition) is 0. The van der Waals surface area contributed by atoms with Gasteiger partial charge in [-0.2, -0.15) is 5.10 Å². The maximum atomic E-state index is 12.5. The van der Waals surface area contributed by atoms with Crippen molar-refractivity contribution in [2.45, 2.75) is 19.9 Å².